The number of carbonyl (C=O) groups is 1. The minimum Gasteiger partial charge on any atom is -0.414 e. The van der Waals surface area contributed by atoms with Crippen molar-refractivity contribution >= 4 is 28.8 Å². The molecule has 0 aromatic carbocycles. The highest BCUT2D eigenvalue weighted by atomic mass is 28.5. The maximum atomic E-state index is 13.3. The number of anilines is 1. The van der Waals surface area contributed by atoms with E-state index in [9.17, 15) is 9.59 Å². The Morgan fingerprint density at radius 1 is 1.05 bits per heavy atom. The molecule has 4 atom stereocenters. The third-order valence-corrected chi connectivity index (χ3v) is 18.6. The molecular weight excluding hydrogens is 548 g/mol. The molecule has 0 saturated carbocycles. The minimum absolute atomic E-state index is 0.111. The predicted octanol–water partition coefficient (Wildman–Crippen LogP) is 4.06. The van der Waals surface area contributed by atoms with Gasteiger partial charge < -0.3 is 23.0 Å². The molecule has 2 aromatic rings. The van der Waals surface area contributed by atoms with E-state index in [0.29, 0.717) is 0 Å². The molecule has 0 bridgehead atoms. The summed E-state index contributed by atoms with van der Waals surface area (Å²) in [4.78, 5) is 29.0. The van der Waals surface area contributed by atoms with Crippen LogP contribution in [0.15, 0.2) is 29.5 Å². The molecule has 1 amide bonds. The van der Waals surface area contributed by atoms with Gasteiger partial charge in [0.1, 0.15) is 23.6 Å². The van der Waals surface area contributed by atoms with E-state index < -0.39 is 46.8 Å². The molecule has 0 aliphatic carbocycles. The average Bonchev–Trinajstić information content (AvgIpc) is 3.47. The molecule has 2 fully saturated rings. The third kappa shape index (κ3) is 5.02. The van der Waals surface area contributed by atoms with Crippen LogP contribution in [-0.2, 0) is 28.0 Å². The number of amides is 1. The fourth-order valence-electron chi connectivity index (χ4n) is 6.23. The lowest BCUT2D eigenvalue weighted by Gasteiger charge is -2.52. The van der Waals surface area contributed by atoms with Gasteiger partial charge in [0.15, 0.2) is 6.23 Å². The molecule has 14 heteroatoms. The van der Waals surface area contributed by atoms with Crippen molar-refractivity contribution in [1.29, 1.82) is 0 Å². The first-order valence-electron chi connectivity index (χ1n) is 14.1. The van der Waals surface area contributed by atoms with Gasteiger partial charge >= 0.3 is 22.8 Å². The Kier molecular flexibility index (Phi) is 8.61. The molecule has 0 unspecified atom stereocenters. The Bertz CT molecular complexity index is 1240. The molecule has 4 rings (SSSR count). The average molecular weight is 593 g/mol. The summed E-state index contributed by atoms with van der Waals surface area (Å²) in [6.07, 6.45) is 2.99. The van der Waals surface area contributed by atoms with Crippen LogP contribution in [0, 0.1) is 0 Å². The monoisotopic (exact) mass is 592 g/mol. The van der Waals surface area contributed by atoms with Gasteiger partial charge in [-0.05, 0) is 35.2 Å². The van der Waals surface area contributed by atoms with Gasteiger partial charge in [0, 0.05) is 19.3 Å². The summed E-state index contributed by atoms with van der Waals surface area (Å²) in [5.41, 5.74) is -0.987. The second-order valence-electron chi connectivity index (χ2n) is 12.3. The van der Waals surface area contributed by atoms with Gasteiger partial charge in [-0.2, -0.15) is 4.98 Å². The molecule has 4 heterocycles. The summed E-state index contributed by atoms with van der Waals surface area (Å²) >= 11 is 0. The van der Waals surface area contributed by atoms with Gasteiger partial charge in [0.05, 0.1) is 12.8 Å². The zero-order valence-electron chi connectivity index (χ0n) is 25.2. The first-order chi connectivity index (χ1) is 18.7. The van der Waals surface area contributed by atoms with Crippen LogP contribution in [0.5, 0.6) is 0 Å². The van der Waals surface area contributed by atoms with E-state index in [2.05, 4.69) is 76.0 Å². The highest BCUT2D eigenvalue weighted by Gasteiger charge is 2.65. The van der Waals surface area contributed by atoms with Crippen LogP contribution < -0.4 is 11.0 Å². The molecule has 12 nitrogen and oxygen atoms in total. The summed E-state index contributed by atoms with van der Waals surface area (Å²) in [6, 6.07) is 1.57. The molecule has 2 aromatic heterocycles. The first-order valence-corrected chi connectivity index (χ1v) is 18.0. The van der Waals surface area contributed by atoms with Crippen LogP contribution >= 0.6 is 0 Å². The SMILES string of the molecule is CC(=O)Nc1ccn([C@@H]2O[C@@H]3CO[Si](C(C)C)(C(C)C)O[Si](C(C)C)(C(C)C)O[C@H]3[C@@]2(C)n2ccnn2)c(=O)n1. The van der Waals surface area contributed by atoms with Crippen molar-refractivity contribution in [1.82, 2.24) is 24.5 Å². The van der Waals surface area contributed by atoms with Crippen molar-refractivity contribution in [3.63, 3.8) is 0 Å². The Balaban J connectivity index is 1.90. The highest BCUT2D eigenvalue weighted by Crippen LogP contribution is 2.52. The van der Waals surface area contributed by atoms with Crippen LogP contribution in [-0.4, -0.2) is 66.4 Å². The van der Waals surface area contributed by atoms with E-state index in [1.807, 2.05) is 6.92 Å². The number of hydrogen-bond acceptors (Lipinski definition) is 9. The number of rotatable bonds is 7. The zero-order valence-corrected chi connectivity index (χ0v) is 27.2. The molecule has 2 saturated heterocycles. The fourth-order valence-corrected chi connectivity index (χ4v) is 17.5. The molecule has 0 spiro atoms. The Morgan fingerprint density at radius 2 is 1.68 bits per heavy atom. The number of ether oxygens (including phenoxy) is 1. The van der Waals surface area contributed by atoms with Crippen molar-refractivity contribution in [3.8, 4) is 0 Å². The van der Waals surface area contributed by atoms with Crippen LogP contribution in [0.2, 0.25) is 22.2 Å². The molecule has 2 aliphatic rings. The maximum absolute atomic E-state index is 13.3. The highest BCUT2D eigenvalue weighted by molar-refractivity contribution is 6.84. The van der Waals surface area contributed by atoms with Gasteiger partial charge in [0.25, 0.3) is 0 Å². The van der Waals surface area contributed by atoms with E-state index in [-0.39, 0.29) is 40.5 Å². The lowest BCUT2D eigenvalue weighted by Crippen LogP contribution is -2.67. The van der Waals surface area contributed by atoms with Crippen LogP contribution in [0.25, 0.3) is 0 Å². The fraction of sp³-hybridized carbons (Fsp3) is 0.731. The summed E-state index contributed by atoms with van der Waals surface area (Å²) in [6.45, 7) is 20.9. The molecule has 0 radical (unpaired) electrons. The van der Waals surface area contributed by atoms with Crippen LogP contribution in [0.4, 0.5) is 5.82 Å². The first kappa shape index (κ1) is 30.7. The quantitative estimate of drug-likeness (QED) is 0.473. The second kappa shape index (κ2) is 11.2. The standard InChI is InChI=1S/C26H44N6O6Si2/c1-16(2)39(17(3)4)35-15-21-23(37-40(38-39,18(5)6)19(7)8)26(10,32-14-12-27-30-32)24(36-21)31-13-11-22(28-20(9)33)29-25(31)34/h11-14,16-19,21,23-24H,15H2,1-10H3,(H,28,29,33,34)/t21-,23-,24-,26-/m1/s1. The Hall–Kier alpha value is -2.24. The van der Waals surface area contributed by atoms with E-state index in [0.717, 1.165) is 0 Å². The third-order valence-electron chi connectivity index (χ3n) is 8.34. The van der Waals surface area contributed by atoms with Gasteiger partial charge in [-0.15, -0.1) is 5.10 Å². The topological polar surface area (TPSA) is 132 Å². The number of fused-ring (bicyclic) bond motifs is 1. The lowest BCUT2D eigenvalue weighted by atomic mass is 9.92. The number of nitrogens with one attached hydrogen (secondary N) is 1. The van der Waals surface area contributed by atoms with Crippen molar-refractivity contribution in [2.24, 2.45) is 0 Å². The lowest BCUT2D eigenvalue weighted by molar-refractivity contribution is -0.114. The van der Waals surface area contributed by atoms with Gasteiger partial charge in [0.2, 0.25) is 5.91 Å². The summed E-state index contributed by atoms with van der Waals surface area (Å²) in [5, 5.41) is 11.0. The maximum Gasteiger partial charge on any atom is 0.351 e. The molecular formula is C26H44N6O6Si2. The van der Waals surface area contributed by atoms with Crippen molar-refractivity contribution in [2.45, 2.75) is 115 Å². The number of hydrogen-bond donors (Lipinski definition) is 1. The van der Waals surface area contributed by atoms with Crippen LogP contribution in [0.3, 0.4) is 0 Å². The van der Waals surface area contributed by atoms with E-state index in [1.54, 1.807) is 29.3 Å². The van der Waals surface area contributed by atoms with E-state index in [4.69, 9.17) is 17.7 Å². The minimum atomic E-state index is -2.99. The summed E-state index contributed by atoms with van der Waals surface area (Å²) in [7, 11) is -5.78. The van der Waals surface area contributed by atoms with Gasteiger partial charge in [-0.25, -0.2) is 9.48 Å². The number of nitrogens with zero attached hydrogens (tertiary/aromatic N) is 5. The van der Waals surface area contributed by atoms with Gasteiger partial charge in [-0.1, -0.05) is 60.6 Å². The normalized spacial score (nSPS) is 28.1. The molecule has 2 aliphatic heterocycles. The van der Waals surface area contributed by atoms with Crippen molar-refractivity contribution in [3.05, 3.63) is 35.1 Å². The second-order valence-corrected chi connectivity index (χ2v) is 21.1. The summed E-state index contributed by atoms with van der Waals surface area (Å²) < 4.78 is 31.5. The Labute approximate surface area is 238 Å². The molecule has 222 valence electrons. The zero-order chi connectivity index (χ0) is 29.6. The molecule has 1 N–H and O–H groups in total. The Morgan fingerprint density at radius 3 is 2.17 bits per heavy atom. The largest absolute Gasteiger partial charge is 0.414 e. The van der Waals surface area contributed by atoms with Crippen LogP contribution in [0.1, 0.15) is 75.5 Å². The number of carbonyl (C=O) groups excluding carboxylic acids is 1. The number of aromatic nitrogens is 5. The van der Waals surface area contributed by atoms with Crippen molar-refractivity contribution in [2.75, 3.05) is 11.9 Å². The van der Waals surface area contributed by atoms with E-state index >= 15 is 0 Å². The van der Waals surface area contributed by atoms with Gasteiger partial charge in [-0.3, -0.25) is 9.36 Å². The predicted molar refractivity (Wildman–Crippen MR) is 154 cm³/mol. The summed E-state index contributed by atoms with van der Waals surface area (Å²) in [5.74, 6) is -0.145. The molecule has 40 heavy (non-hydrogen) atoms. The van der Waals surface area contributed by atoms with Crippen molar-refractivity contribution < 1.29 is 22.5 Å². The van der Waals surface area contributed by atoms with E-state index in [1.165, 1.54) is 11.5 Å². The smallest absolute Gasteiger partial charge is 0.351 e.